The maximum atomic E-state index is 15.1. The number of H-pyrrole nitrogens is 1. The van der Waals surface area contributed by atoms with Crippen molar-refractivity contribution in [3.8, 4) is 11.8 Å². The third-order valence-electron chi connectivity index (χ3n) is 5.57. The number of amides is 2. The van der Waals surface area contributed by atoms with E-state index >= 15 is 4.39 Å². The van der Waals surface area contributed by atoms with Gasteiger partial charge in [-0.05, 0) is 57.4 Å². The summed E-state index contributed by atoms with van der Waals surface area (Å²) in [5.74, 6) is 1.06. The van der Waals surface area contributed by atoms with Crippen molar-refractivity contribution in [2.75, 3.05) is 0 Å². The Labute approximate surface area is 162 Å². The summed E-state index contributed by atoms with van der Waals surface area (Å²) in [6.07, 6.45) is 2.65. The van der Waals surface area contributed by atoms with Crippen molar-refractivity contribution < 1.29 is 18.4 Å². The molecule has 0 spiro atoms. The summed E-state index contributed by atoms with van der Waals surface area (Å²) in [5.41, 5.74) is 6.83. The summed E-state index contributed by atoms with van der Waals surface area (Å²) in [6.45, 7) is 5.17. The van der Waals surface area contributed by atoms with Crippen LogP contribution in [0.15, 0.2) is 0 Å². The average Bonchev–Trinajstić information content (AvgIpc) is 2.91. The Hall–Kier alpha value is -2.88. The van der Waals surface area contributed by atoms with Crippen LogP contribution in [-0.4, -0.2) is 22.8 Å². The van der Waals surface area contributed by atoms with Crippen LogP contribution in [0.3, 0.4) is 0 Å². The van der Waals surface area contributed by atoms with Gasteiger partial charge in [-0.1, -0.05) is 12.3 Å². The molecule has 1 aliphatic carbocycles. The molecule has 1 fully saturated rings. The first-order chi connectivity index (χ1) is 13.3. The smallest absolute Gasteiger partial charge is 0.296 e. The number of fused-ring (bicyclic) bond motifs is 1. The Kier molecular flexibility index (Phi) is 5.41. The molecule has 1 saturated carbocycles. The monoisotopic (exact) mass is 387 g/mol. The maximum absolute atomic E-state index is 15.1. The molecule has 7 heteroatoms. The van der Waals surface area contributed by atoms with Crippen LogP contribution in [0.25, 0.3) is 10.9 Å². The minimum Gasteiger partial charge on any atom is -0.365 e. The van der Waals surface area contributed by atoms with Gasteiger partial charge in [0.2, 0.25) is 0 Å². The van der Waals surface area contributed by atoms with Crippen molar-refractivity contribution in [1.82, 2.24) is 10.3 Å². The summed E-state index contributed by atoms with van der Waals surface area (Å²) in [6, 6.07) is -0.166. The third kappa shape index (κ3) is 3.35. The van der Waals surface area contributed by atoms with E-state index in [4.69, 9.17) is 5.73 Å². The summed E-state index contributed by atoms with van der Waals surface area (Å²) in [5, 5.41) is 3.35. The SMILES string of the molecule is CC#CC(=O)N[C@@H]1CCCC(c2c(F)c(F)c(C(N)=O)c3[nH]c(C)c(C)c23)C1. The van der Waals surface area contributed by atoms with Crippen LogP contribution < -0.4 is 11.1 Å². The number of primary amides is 1. The van der Waals surface area contributed by atoms with Crippen LogP contribution in [-0.2, 0) is 4.79 Å². The van der Waals surface area contributed by atoms with Crippen molar-refractivity contribution in [1.29, 1.82) is 0 Å². The number of hydrogen-bond acceptors (Lipinski definition) is 2. The molecule has 0 radical (unpaired) electrons. The minimum atomic E-state index is -1.22. The Balaban J connectivity index is 2.11. The van der Waals surface area contributed by atoms with E-state index in [2.05, 4.69) is 22.1 Å². The summed E-state index contributed by atoms with van der Waals surface area (Å²) in [7, 11) is 0. The van der Waals surface area contributed by atoms with Gasteiger partial charge in [-0.2, -0.15) is 0 Å². The number of nitrogens with two attached hydrogens (primary N) is 1. The second-order valence-electron chi connectivity index (χ2n) is 7.31. The van der Waals surface area contributed by atoms with E-state index < -0.39 is 23.1 Å². The van der Waals surface area contributed by atoms with E-state index in [0.717, 1.165) is 24.1 Å². The molecule has 1 unspecified atom stereocenters. The highest BCUT2D eigenvalue weighted by atomic mass is 19.2. The van der Waals surface area contributed by atoms with Crippen LogP contribution >= 0.6 is 0 Å². The number of benzene rings is 1. The molecule has 1 aliphatic rings. The van der Waals surface area contributed by atoms with Crippen LogP contribution in [0, 0.1) is 37.3 Å². The van der Waals surface area contributed by atoms with E-state index in [0.29, 0.717) is 18.2 Å². The van der Waals surface area contributed by atoms with Crippen LogP contribution in [0.2, 0.25) is 0 Å². The lowest BCUT2D eigenvalue weighted by Crippen LogP contribution is -2.37. The van der Waals surface area contributed by atoms with Crippen molar-refractivity contribution in [3.63, 3.8) is 0 Å². The Bertz CT molecular complexity index is 1030. The lowest BCUT2D eigenvalue weighted by atomic mass is 9.79. The van der Waals surface area contributed by atoms with E-state index in [1.54, 1.807) is 20.8 Å². The van der Waals surface area contributed by atoms with Gasteiger partial charge >= 0.3 is 0 Å². The molecule has 2 amide bonds. The number of rotatable bonds is 3. The highest BCUT2D eigenvalue weighted by molar-refractivity contribution is 6.07. The quantitative estimate of drug-likeness (QED) is 0.706. The number of halogens is 2. The predicted octanol–water partition coefficient (Wildman–Crippen LogP) is 3.33. The summed E-state index contributed by atoms with van der Waals surface area (Å²) >= 11 is 0. The van der Waals surface area contributed by atoms with E-state index in [1.165, 1.54) is 0 Å². The molecule has 148 valence electrons. The zero-order chi connectivity index (χ0) is 20.6. The number of nitrogens with one attached hydrogen (secondary N) is 2. The number of hydrogen-bond donors (Lipinski definition) is 3. The molecule has 1 aromatic heterocycles. The first-order valence-electron chi connectivity index (χ1n) is 9.29. The fraction of sp³-hybridized carbons (Fsp3) is 0.429. The Morgan fingerprint density at radius 3 is 2.57 bits per heavy atom. The molecule has 1 aromatic carbocycles. The molecule has 2 atom stereocenters. The van der Waals surface area contributed by atoms with Crippen LogP contribution in [0.1, 0.15) is 65.7 Å². The largest absolute Gasteiger partial charge is 0.365 e. The van der Waals surface area contributed by atoms with Gasteiger partial charge in [-0.15, -0.1) is 0 Å². The molecular weight excluding hydrogens is 364 g/mol. The topological polar surface area (TPSA) is 88.0 Å². The predicted molar refractivity (Wildman–Crippen MR) is 103 cm³/mol. The van der Waals surface area contributed by atoms with Crippen molar-refractivity contribution in [2.45, 2.75) is 58.4 Å². The zero-order valence-corrected chi connectivity index (χ0v) is 16.1. The lowest BCUT2D eigenvalue weighted by Gasteiger charge is -2.30. The lowest BCUT2D eigenvalue weighted by molar-refractivity contribution is -0.116. The van der Waals surface area contributed by atoms with Gasteiger partial charge in [0, 0.05) is 22.7 Å². The molecule has 3 rings (SSSR count). The third-order valence-corrected chi connectivity index (χ3v) is 5.57. The van der Waals surface area contributed by atoms with Gasteiger partial charge in [0.15, 0.2) is 11.6 Å². The number of aromatic nitrogens is 1. The minimum absolute atomic E-state index is 0.166. The molecule has 5 nitrogen and oxygen atoms in total. The van der Waals surface area contributed by atoms with Gasteiger partial charge < -0.3 is 16.0 Å². The number of aromatic amines is 1. The van der Waals surface area contributed by atoms with Gasteiger partial charge in [-0.25, -0.2) is 8.78 Å². The first kappa shape index (κ1) is 19.9. The van der Waals surface area contributed by atoms with Crippen molar-refractivity contribution >= 4 is 22.7 Å². The van der Waals surface area contributed by atoms with E-state index in [9.17, 15) is 14.0 Å². The zero-order valence-electron chi connectivity index (χ0n) is 16.1. The van der Waals surface area contributed by atoms with Crippen molar-refractivity contribution in [2.24, 2.45) is 5.73 Å². The fourth-order valence-corrected chi connectivity index (χ4v) is 4.22. The van der Waals surface area contributed by atoms with Gasteiger partial charge in [0.05, 0.1) is 5.52 Å². The molecule has 1 heterocycles. The first-order valence-corrected chi connectivity index (χ1v) is 9.29. The average molecular weight is 387 g/mol. The second-order valence-corrected chi connectivity index (χ2v) is 7.31. The molecule has 0 bridgehead atoms. The number of carbonyl (C=O) groups is 2. The van der Waals surface area contributed by atoms with Crippen LogP contribution in [0.5, 0.6) is 0 Å². The molecule has 2 aromatic rings. The summed E-state index contributed by atoms with van der Waals surface area (Å²) in [4.78, 5) is 26.5. The Morgan fingerprint density at radius 2 is 1.93 bits per heavy atom. The maximum Gasteiger partial charge on any atom is 0.296 e. The van der Waals surface area contributed by atoms with Gasteiger partial charge in [0.1, 0.15) is 5.56 Å². The van der Waals surface area contributed by atoms with E-state index in [1.807, 2.05) is 0 Å². The van der Waals surface area contributed by atoms with Crippen LogP contribution in [0.4, 0.5) is 8.78 Å². The fourth-order valence-electron chi connectivity index (χ4n) is 4.22. The van der Waals surface area contributed by atoms with Crippen molar-refractivity contribution in [3.05, 3.63) is 34.0 Å². The standard InChI is InChI=1S/C21H23F2N3O2/c1-4-6-14(27)26-13-8-5-7-12(9-13)16-15-10(2)11(3)25-20(15)17(21(24)28)19(23)18(16)22/h12-13,25H,5,7-9H2,1-3H3,(H2,24,28)(H,26,27)/t12?,13-/m1/s1. The molecular formula is C21H23F2N3O2. The van der Waals surface area contributed by atoms with Gasteiger partial charge in [0.25, 0.3) is 11.8 Å². The summed E-state index contributed by atoms with van der Waals surface area (Å²) < 4.78 is 29.9. The second kappa shape index (κ2) is 7.63. The molecule has 0 saturated heterocycles. The molecule has 4 N–H and O–H groups in total. The normalized spacial score (nSPS) is 19.2. The number of aryl methyl sites for hydroxylation is 2. The Morgan fingerprint density at radius 1 is 1.21 bits per heavy atom. The molecule has 0 aliphatic heterocycles. The highest BCUT2D eigenvalue weighted by Gasteiger charge is 2.33. The number of carbonyl (C=O) groups excluding carboxylic acids is 2. The molecule has 28 heavy (non-hydrogen) atoms. The van der Waals surface area contributed by atoms with Gasteiger partial charge in [-0.3, -0.25) is 9.59 Å². The van der Waals surface area contributed by atoms with E-state index in [-0.39, 0.29) is 28.9 Å². The highest BCUT2D eigenvalue weighted by Crippen LogP contribution is 2.42.